The van der Waals surface area contributed by atoms with E-state index in [0.717, 1.165) is 12.1 Å². The smallest absolute Gasteiger partial charge is 0.280 e. The summed E-state index contributed by atoms with van der Waals surface area (Å²) in [5, 5.41) is -0.547. The minimum absolute atomic E-state index is 0.0190. The predicted molar refractivity (Wildman–Crippen MR) is 114 cm³/mol. The van der Waals surface area contributed by atoms with Gasteiger partial charge in [0.15, 0.2) is 0 Å². The number of nitrogens with zero attached hydrogens (tertiary/aromatic N) is 1. The topological polar surface area (TPSA) is 83.6 Å². The maximum atomic E-state index is 13.1. The zero-order valence-electron chi connectivity index (χ0n) is 16.6. The summed E-state index contributed by atoms with van der Waals surface area (Å²) in [4.78, 5) is -0.160. The Morgan fingerprint density at radius 2 is 1.74 bits per heavy atom. The number of rotatable bonds is 4. The summed E-state index contributed by atoms with van der Waals surface area (Å²) >= 11 is 5.58. The van der Waals surface area contributed by atoms with Crippen LogP contribution in [0.25, 0.3) is 0 Å². The highest BCUT2D eigenvalue weighted by atomic mass is 35.5. The van der Waals surface area contributed by atoms with Crippen molar-refractivity contribution in [3.63, 3.8) is 0 Å². The Morgan fingerprint density at radius 3 is 2.35 bits per heavy atom. The zero-order valence-corrected chi connectivity index (χ0v) is 19.0. The average molecular weight is 497 g/mol. The molecule has 170 valence electrons. The first-order valence-corrected chi connectivity index (χ1v) is 12.7. The highest BCUT2D eigenvalue weighted by molar-refractivity contribution is 7.93. The Bertz CT molecular complexity index is 1230. The Balaban J connectivity index is 1.98. The minimum atomic E-state index is -4.74. The van der Waals surface area contributed by atoms with Crippen molar-refractivity contribution < 1.29 is 30.0 Å². The molecule has 0 amide bonds. The van der Waals surface area contributed by atoms with E-state index >= 15 is 0 Å². The summed E-state index contributed by atoms with van der Waals surface area (Å²) in [5.41, 5.74) is -0.381. The summed E-state index contributed by atoms with van der Waals surface area (Å²) in [7, 11) is -7.73. The Hall–Kier alpha value is -1.98. The summed E-state index contributed by atoms with van der Waals surface area (Å²) in [6, 6.07) is 5.50. The number of hydrogen-bond donors (Lipinski definition) is 1. The third kappa shape index (κ3) is 4.93. The minimum Gasteiger partial charge on any atom is -0.280 e. The van der Waals surface area contributed by atoms with Gasteiger partial charge in [-0.2, -0.15) is 13.2 Å². The van der Waals surface area contributed by atoms with Gasteiger partial charge in [0.05, 0.1) is 26.9 Å². The van der Waals surface area contributed by atoms with Crippen molar-refractivity contribution in [2.75, 3.05) is 21.3 Å². The van der Waals surface area contributed by atoms with E-state index in [1.54, 1.807) is 6.92 Å². The molecule has 1 N–H and O–H groups in total. The SMILES string of the molecule is Cc1cc(S(=O)(=O)Nc2ccc(Cl)c(C(F)(F)F)c2)c(C)cc1N1CCCCS1(=O)=O. The Kier molecular flexibility index (Phi) is 6.25. The largest absolute Gasteiger partial charge is 0.417 e. The van der Waals surface area contributed by atoms with Gasteiger partial charge < -0.3 is 0 Å². The number of alkyl halides is 3. The lowest BCUT2D eigenvalue weighted by molar-refractivity contribution is -0.137. The molecule has 1 saturated heterocycles. The molecule has 0 saturated carbocycles. The van der Waals surface area contributed by atoms with Gasteiger partial charge in [-0.25, -0.2) is 16.8 Å². The third-order valence-corrected chi connectivity index (χ3v) is 8.63. The second kappa shape index (κ2) is 8.18. The van der Waals surface area contributed by atoms with Gasteiger partial charge in [-0.3, -0.25) is 9.03 Å². The number of anilines is 2. The quantitative estimate of drug-likeness (QED) is 0.664. The molecule has 12 heteroatoms. The fraction of sp³-hybridized carbons (Fsp3) is 0.368. The number of sulfonamides is 2. The summed E-state index contributed by atoms with van der Waals surface area (Å²) in [6.45, 7) is 3.39. The van der Waals surface area contributed by atoms with Crippen LogP contribution in [0, 0.1) is 13.8 Å². The van der Waals surface area contributed by atoms with Gasteiger partial charge in [0.25, 0.3) is 10.0 Å². The number of hydrogen-bond acceptors (Lipinski definition) is 4. The number of nitrogens with one attached hydrogen (secondary N) is 1. The first-order valence-electron chi connectivity index (χ1n) is 9.23. The standard InChI is InChI=1S/C19H20ClF3N2O4S2/c1-12-10-18(13(2)9-17(12)25-7-3-4-8-30(25,26)27)31(28,29)24-14-5-6-16(20)15(11-14)19(21,22)23/h5-6,9-11,24H,3-4,7-8H2,1-2H3. The van der Waals surface area contributed by atoms with E-state index in [4.69, 9.17) is 11.6 Å². The van der Waals surface area contributed by atoms with Crippen molar-refractivity contribution in [1.29, 1.82) is 0 Å². The summed E-state index contributed by atoms with van der Waals surface area (Å²) < 4.78 is 93.2. The van der Waals surface area contributed by atoms with Gasteiger partial charge in [-0.1, -0.05) is 11.6 Å². The first kappa shape index (κ1) is 23.7. The van der Waals surface area contributed by atoms with Crippen LogP contribution in [0.5, 0.6) is 0 Å². The van der Waals surface area contributed by atoms with E-state index in [1.165, 1.54) is 23.4 Å². The van der Waals surface area contributed by atoms with Crippen molar-refractivity contribution in [3.05, 3.63) is 52.0 Å². The van der Waals surface area contributed by atoms with Gasteiger partial charge in [0.2, 0.25) is 10.0 Å². The zero-order chi connectivity index (χ0) is 23.2. The van der Waals surface area contributed by atoms with Gasteiger partial charge in [-0.05, 0) is 68.1 Å². The van der Waals surface area contributed by atoms with Crippen molar-refractivity contribution in [2.45, 2.75) is 37.8 Å². The molecule has 3 rings (SSSR count). The van der Waals surface area contributed by atoms with Crippen LogP contribution in [0.3, 0.4) is 0 Å². The number of aryl methyl sites for hydroxylation is 2. The van der Waals surface area contributed by atoms with Crippen LogP contribution in [0.2, 0.25) is 5.02 Å². The number of halogens is 4. The molecule has 6 nitrogen and oxygen atoms in total. The Labute approximate surface area is 184 Å². The lowest BCUT2D eigenvalue weighted by atomic mass is 10.1. The average Bonchev–Trinajstić information content (AvgIpc) is 2.63. The molecular formula is C19H20ClF3N2O4S2. The molecule has 0 spiro atoms. The summed E-state index contributed by atoms with van der Waals surface area (Å²) in [5.74, 6) is 0.0190. The molecule has 0 radical (unpaired) electrons. The fourth-order valence-electron chi connectivity index (χ4n) is 3.41. The fourth-order valence-corrected chi connectivity index (χ4v) is 6.69. The monoisotopic (exact) mass is 496 g/mol. The van der Waals surface area contributed by atoms with Crippen molar-refractivity contribution in [3.8, 4) is 0 Å². The normalized spacial score (nSPS) is 16.9. The van der Waals surface area contributed by atoms with Gasteiger partial charge >= 0.3 is 6.18 Å². The van der Waals surface area contributed by atoms with E-state index in [1.807, 2.05) is 0 Å². The lowest BCUT2D eigenvalue weighted by Gasteiger charge is -2.30. The second-order valence-corrected chi connectivity index (χ2v) is 11.4. The van der Waals surface area contributed by atoms with Gasteiger partial charge in [-0.15, -0.1) is 0 Å². The van der Waals surface area contributed by atoms with E-state index in [9.17, 15) is 30.0 Å². The third-order valence-electron chi connectivity index (χ3n) is 4.92. The lowest BCUT2D eigenvalue weighted by Crippen LogP contribution is -2.38. The van der Waals surface area contributed by atoms with Crippen molar-refractivity contribution in [2.24, 2.45) is 0 Å². The van der Waals surface area contributed by atoms with Crippen LogP contribution in [-0.2, 0) is 26.2 Å². The van der Waals surface area contributed by atoms with Gasteiger partial charge in [0, 0.05) is 12.2 Å². The van der Waals surface area contributed by atoms with Crippen LogP contribution in [0.15, 0.2) is 35.2 Å². The predicted octanol–water partition coefficient (Wildman–Crippen LogP) is 4.71. The van der Waals surface area contributed by atoms with Crippen LogP contribution in [0.4, 0.5) is 24.5 Å². The van der Waals surface area contributed by atoms with Crippen LogP contribution >= 0.6 is 11.6 Å². The molecule has 1 fully saturated rings. The molecule has 0 unspecified atom stereocenters. The molecular weight excluding hydrogens is 477 g/mol. The van der Waals surface area contributed by atoms with E-state index in [0.29, 0.717) is 36.7 Å². The van der Waals surface area contributed by atoms with E-state index in [-0.39, 0.29) is 21.9 Å². The molecule has 1 aliphatic rings. The van der Waals surface area contributed by atoms with Crippen LogP contribution in [0.1, 0.15) is 29.5 Å². The molecule has 0 bridgehead atoms. The highest BCUT2D eigenvalue weighted by Gasteiger charge is 2.34. The van der Waals surface area contributed by atoms with Crippen LogP contribution < -0.4 is 9.03 Å². The summed E-state index contributed by atoms with van der Waals surface area (Å²) in [6.07, 6.45) is -3.49. The van der Waals surface area contributed by atoms with E-state index < -0.39 is 36.8 Å². The molecule has 0 aromatic heterocycles. The second-order valence-electron chi connectivity index (χ2n) is 7.30. The molecule has 0 atom stereocenters. The maximum Gasteiger partial charge on any atom is 0.417 e. The first-order chi connectivity index (χ1) is 14.2. The molecule has 1 heterocycles. The molecule has 1 aliphatic heterocycles. The highest BCUT2D eigenvalue weighted by Crippen LogP contribution is 2.37. The van der Waals surface area contributed by atoms with Crippen molar-refractivity contribution >= 4 is 43.0 Å². The molecule has 31 heavy (non-hydrogen) atoms. The molecule has 2 aromatic rings. The number of benzene rings is 2. The Morgan fingerprint density at radius 1 is 1.06 bits per heavy atom. The molecule has 2 aromatic carbocycles. The van der Waals surface area contributed by atoms with Gasteiger partial charge in [0.1, 0.15) is 0 Å². The molecule has 0 aliphatic carbocycles. The van der Waals surface area contributed by atoms with E-state index in [2.05, 4.69) is 4.72 Å². The van der Waals surface area contributed by atoms with Crippen molar-refractivity contribution in [1.82, 2.24) is 0 Å². The maximum absolute atomic E-state index is 13.1. The van der Waals surface area contributed by atoms with Crippen LogP contribution in [-0.4, -0.2) is 29.1 Å².